The lowest BCUT2D eigenvalue weighted by molar-refractivity contribution is -0.133. The van der Waals surface area contributed by atoms with E-state index in [9.17, 15) is 4.79 Å². The van der Waals surface area contributed by atoms with Gasteiger partial charge in [0.25, 0.3) is 0 Å². The smallest absolute Gasteiger partial charge is 0.313 e. The Labute approximate surface area is 96.4 Å². The number of hydrogen-bond acceptors (Lipinski definition) is 6. The second-order valence-electron chi connectivity index (χ2n) is 3.43. The highest BCUT2D eigenvalue weighted by Crippen LogP contribution is 2.26. The molecule has 2 rings (SSSR count). The van der Waals surface area contributed by atoms with Gasteiger partial charge in [0, 0.05) is 6.61 Å². The number of carboxylic acid groups (broad SMARTS) is 1. The molecule has 0 bridgehead atoms. The number of thioether (sulfide) groups is 1. The van der Waals surface area contributed by atoms with E-state index in [0.717, 1.165) is 19.4 Å². The lowest BCUT2D eigenvalue weighted by atomic mass is 10.2. The maximum atomic E-state index is 10.3. The zero-order valence-corrected chi connectivity index (χ0v) is 9.40. The van der Waals surface area contributed by atoms with Gasteiger partial charge in [0.05, 0.1) is 11.5 Å². The van der Waals surface area contributed by atoms with E-state index in [1.807, 2.05) is 0 Å². The molecular formula is C9H12N2O4S. The fourth-order valence-electron chi connectivity index (χ4n) is 1.46. The van der Waals surface area contributed by atoms with Crippen molar-refractivity contribution in [1.29, 1.82) is 0 Å². The number of ether oxygens (including phenoxy) is 1. The second-order valence-corrected chi connectivity index (χ2v) is 4.42. The third-order valence-electron chi connectivity index (χ3n) is 2.15. The first-order chi connectivity index (χ1) is 7.75. The average molecular weight is 244 g/mol. The van der Waals surface area contributed by atoms with E-state index in [4.69, 9.17) is 14.4 Å². The van der Waals surface area contributed by atoms with E-state index >= 15 is 0 Å². The molecule has 1 saturated heterocycles. The molecule has 0 radical (unpaired) electrons. The molecule has 0 amide bonds. The topological polar surface area (TPSA) is 85.5 Å². The normalized spacial score (nSPS) is 20.1. The summed E-state index contributed by atoms with van der Waals surface area (Å²) in [5.41, 5.74) is 0. The molecule has 88 valence electrons. The van der Waals surface area contributed by atoms with Gasteiger partial charge in [0.15, 0.2) is 0 Å². The molecule has 1 atom stereocenters. The molecule has 0 spiro atoms. The summed E-state index contributed by atoms with van der Waals surface area (Å²) in [6.07, 6.45) is 1.88. The molecule has 2 heterocycles. The van der Waals surface area contributed by atoms with Gasteiger partial charge in [-0.2, -0.15) is 4.98 Å². The largest absolute Gasteiger partial charge is 0.481 e. The van der Waals surface area contributed by atoms with Gasteiger partial charge in [-0.3, -0.25) is 4.79 Å². The number of carboxylic acids is 1. The number of carbonyl (C=O) groups is 1. The fourth-order valence-corrected chi connectivity index (χ4v) is 2.03. The minimum absolute atomic E-state index is 0.0393. The molecule has 16 heavy (non-hydrogen) atoms. The third kappa shape index (κ3) is 2.96. The maximum Gasteiger partial charge on any atom is 0.313 e. The minimum atomic E-state index is -0.844. The van der Waals surface area contributed by atoms with Crippen LogP contribution in [0.4, 0.5) is 0 Å². The van der Waals surface area contributed by atoms with Crippen molar-refractivity contribution in [3.8, 4) is 0 Å². The summed E-state index contributed by atoms with van der Waals surface area (Å²) in [5.74, 6) is 0.646. The van der Waals surface area contributed by atoms with E-state index in [2.05, 4.69) is 10.1 Å². The van der Waals surface area contributed by atoms with Gasteiger partial charge in [-0.15, -0.1) is 11.8 Å². The van der Waals surface area contributed by atoms with Crippen molar-refractivity contribution < 1.29 is 19.2 Å². The number of aliphatic carboxylic acids is 1. The van der Waals surface area contributed by atoms with E-state index in [-0.39, 0.29) is 11.9 Å². The summed E-state index contributed by atoms with van der Waals surface area (Å²) in [5, 5.41) is 12.3. The molecule has 1 unspecified atom stereocenters. The molecule has 1 aromatic heterocycles. The highest BCUT2D eigenvalue weighted by Gasteiger charge is 2.23. The van der Waals surface area contributed by atoms with Gasteiger partial charge in [-0.25, -0.2) is 0 Å². The minimum Gasteiger partial charge on any atom is -0.481 e. The summed E-state index contributed by atoms with van der Waals surface area (Å²) in [4.78, 5) is 14.5. The van der Waals surface area contributed by atoms with Crippen LogP contribution in [0, 0.1) is 0 Å². The van der Waals surface area contributed by atoms with Gasteiger partial charge < -0.3 is 14.4 Å². The molecule has 0 aliphatic carbocycles. The molecule has 0 saturated carbocycles. The van der Waals surface area contributed by atoms with Gasteiger partial charge in [-0.1, -0.05) is 5.16 Å². The van der Waals surface area contributed by atoms with Crippen LogP contribution in [-0.2, 0) is 15.3 Å². The predicted octanol–water partition coefficient (Wildman–Crippen LogP) is 1.24. The second kappa shape index (κ2) is 5.31. The van der Waals surface area contributed by atoms with Gasteiger partial charge in [-0.05, 0) is 12.8 Å². The maximum absolute atomic E-state index is 10.3. The molecule has 1 N–H and O–H groups in total. The summed E-state index contributed by atoms with van der Waals surface area (Å²) >= 11 is 1.23. The zero-order chi connectivity index (χ0) is 11.4. The van der Waals surface area contributed by atoms with Crippen LogP contribution in [0.3, 0.4) is 0 Å². The Balaban J connectivity index is 1.84. The molecule has 1 aliphatic heterocycles. The van der Waals surface area contributed by atoms with Crippen LogP contribution in [0.15, 0.2) is 4.52 Å². The van der Waals surface area contributed by atoms with Crippen molar-refractivity contribution in [2.75, 3.05) is 12.4 Å². The molecule has 1 aromatic rings. The first kappa shape index (κ1) is 11.4. The Morgan fingerprint density at radius 3 is 3.19 bits per heavy atom. The van der Waals surface area contributed by atoms with Crippen LogP contribution < -0.4 is 0 Å². The Morgan fingerprint density at radius 2 is 2.50 bits per heavy atom. The highest BCUT2D eigenvalue weighted by atomic mass is 32.2. The van der Waals surface area contributed by atoms with Gasteiger partial charge in [0.1, 0.15) is 6.10 Å². The van der Waals surface area contributed by atoms with E-state index in [1.165, 1.54) is 11.8 Å². The van der Waals surface area contributed by atoms with Gasteiger partial charge >= 0.3 is 5.97 Å². The number of nitrogens with zero attached hydrogens (tertiary/aromatic N) is 2. The van der Waals surface area contributed by atoms with Crippen molar-refractivity contribution in [3.63, 3.8) is 0 Å². The van der Waals surface area contributed by atoms with E-state index in [0.29, 0.717) is 17.5 Å². The Morgan fingerprint density at radius 1 is 1.62 bits per heavy atom. The van der Waals surface area contributed by atoms with Crippen molar-refractivity contribution in [2.45, 2.75) is 24.7 Å². The summed E-state index contributed by atoms with van der Waals surface area (Å²) in [7, 11) is 0. The first-order valence-electron chi connectivity index (χ1n) is 4.99. The molecule has 1 aliphatic rings. The Bertz CT molecular complexity index is 362. The van der Waals surface area contributed by atoms with Crippen molar-refractivity contribution in [2.24, 2.45) is 0 Å². The quantitative estimate of drug-likeness (QED) is 0.833. The fraction of sp³-hybridized carbons (Fsp3) is 0.667. The van der Waals surface area contributed by atoms with Crippen molar-refractivity contribution in [1.82, 2.24) is 10.1 Å². The lowest BCUT2D eigenvalue weighted by Gasteiger charge is -2.00. The van der Waals surface area contributed by atoms with Crippen LogP contribution in [0.25, 0.3) is 0 Å². The molecule has 1 fully saturated rings. The molecule has 0 aromatic carbocycles. The monoisotopic (exact) mass is 244 g/mol. The van der Waals surface area contributed by atoms with Crippen molar-refractivity contribution >= 4 is 17.7 Å². The summed E-state index contributed by atoms with van der Waals surface area (Å²) in [6.45, 7) is 0.738. The number of rotatable bonds is 5. The SMILES string of the molecule is O=C(O)CSCc1nc(C2CCCO2)no1. The Kier molecular flexibility index (Phi) is 3.79. The molecule has 6 nitrogen and oxygen atoms in total. The lowest BCUT2D eigenvalue weighted by Crippen LogP contribution is -1.99. The predicted molar refractivity (Wildman–Crippen MR) is 56.0 cm³/mol. The average Bonchev–Trinajstić information content (AvgIpc) is 2.85. The van der Waals surface area contributed by atoms with Crippen LogP contribution >= 0.6 is 11.8 Å². The van der Waals surface area contributed by atoms with Crippen LogP contribution in [0.2, 0.25) is 0 Å². The number of hydrogen-bond donors (Lipinski definition) is 1. The standard InChI is InChI=1S/C9H12N2O4S/c12-8(13)5-16-4-7-10-9(11-15-7)6-2-1-3-14-6/h6H,1-5H2,(H,12,13). The van der Waals surface area contributed by atoms with Crippen molar-refractivity contribution in [3.05, 3.63) is 11.7 Å². The zero-order valence-electron chi connectivity index (χ0n) is 8.59. The van der Waals surface area contributed by atoms with Crippen LogP contribution in [0.1, 0.15) is 30.7 Å². The Hall–Kier alpha value is -1.08. The van der Waals surface area contributed by atoms with E-state index in [1.54, 1.807) is 0 Å². The van der Waals surface area contributed by atoms with E-state index < -0.39 is 5.97 Å². The third-order valence-corrected chi connectivity index (χ3v) is 3.05. The summed E-state index contributed by atoms with van der Waals surface area (Å²) < 4.78 is 10.4. The first-order valence-corrected chi connectivity index (χ1v) is 6.15. The molecule has 7 heteroatoms. The molecular weight excluding hydrogens is 232 g/mol. The van der Waals surface area contributed by atoms with Gasteiger partial charge in [0.2, 0.25) is 11.7 Å². The van der Waals surface area contributed by atoms with Crippen LogP contribution in [-0.4, -0.2) is 33.6 Å². The van der Waals surface area contributed by atoms with Crippen LogP contribution in [0.5, 0.6) is 0 Å². The highest BCUT2D eigenvalue weighted by molar-refractivity contribution is 7.99. The summed E-state index contributed by atoms with van der Waals surface area (Å²) in [6, 6.07) is 0. The number of aromatic nitrogens is 2.